The Morgan fingerprint density at radius 3 is 2.95 bits per heavy atom. The SMILES string of the molecule is CC(C)CSN1CCC(Oc2ncnc3ccsc23)CC1. The van der Waals surface area contributed by atoms with Crippen LogP contribution in [0.2, 0.25) is 0 Å². The van der Waals surface area contributed by atoms with E-state index < -0.39 is 0 Å². The van der Waals surface area contributed by atoms with E-state index in [1.165, 1.54) is 5.75 Å². The van der Waals surface area contributed by atoms with Crippen LogP contribution in [0.1, 0.15) is 26.7 Å². The zero-order valence-electron chi connectivity index (χ0n) is 12.5. The Balaban J connectivity index is 1.55. The van der Waals surface area contributed by atoms with Gasteiger partial charge in [0.2, 0.25) is 5.88 Å². The van der Waals surface area contributed by atoms with Crippen LogP contribution in [0.15, 0.2) is 17.8 Å². The molecule has 0 bridgehead atoms. The van der Waals surface area contributed by atoms with Gasteiger partial charge in [-0.15, -0.1) is 11.3 Å². The second-order valence-electron chi connectivity index (χ2n) is 5.75. The highest BCUT2D eigenvalue weighted by Crippen LogP contribution is 2.29. The fraction of sp³-hybridized carbons (Fsp3) is 0.600. The third kappa shape index (κ3) is 3.87. The van der Waals surface area contributed by atoms with E-state index in [-0.39, 0.29) is 6.10 Å². The first-order valence-corrected chi connectivity index (χ1v) is 9.27. The summed E-state index contributed by atoms with van der Waals surface area (Å²) in [5.41, 5.74) is 0.981. The molecular weight excluding hydrogens is 302 g/mol. The van der Waals surface area contributed by atoms with Crippen molar-refractivity contribution in [3.8, 4) is 5.88 Å². The third-order valence-electron chi connectivity index (χ3n) is 3.48. The quantitative estimate of drug-likeness (QED) is 0.782. The van der Waals surface area contributed by atoms with E-state index in [0.29, 0.717) is 0 Å². The molecular formula is C15H21N3OS2. The van der Waals surface area contributed by atoms with E-state index in [2.05, 4.69) is 28.1 Å². The normalized spacial score (nSPS) is 17.7. The Hall–Kier alpha value is -0.850. The fourth-order valence-corrected chi connectivity index (χ4v) is 4.10. The van der Waals surface area contributed by atoms with Gasteiger partial charge in [0.1, 0.15) is 17.1 Å². The minimum Gasteiger partial charge on any atom is -0.473 e. The second kappa shape index (κ2) is 6.94. The van der Waals surface area contributed by atoms with Gasteiger partial charge in [0, 0.05) is 18.8 Å². The van der Waals surface area contributed by atoms with Crippen LogP contribution in [0.25, 0.3) is 10.2 Å². The van der Waals surface area contributed by atoms with Gasteiger partial charge in [-0.3, -0.25) is 4.31 Å². The molecule has 0 unspecified atom stereocenters. The summed E-state index contributed by atoms with van der Waals surface area (Å²) in [5.74, 6) is 2.70. The lowest BCUT2D eigenvalue weighted by atomic mass is 10.1. The molecule has 0 saturated carbocycles. The molecule has 2 aromatic rings. The average Bonchev–Trinajstić information content (AvgIpc) is 2.96. The van der Waals surface area contributed by atoms with E-state index in [1.807, 2.05) is 23.4 Å². The first kappa shape index (κ1) is 15.1. The molecule has 1 fully saturated rings. The Bertz CT molecular complexity index is 579. The number of piperidine rings is 1. The minimum absolute atomic E-state index is 0.279. The number of ether oxygens (including phenoxy) is 1. The highest BCUT2D eigenvalue weighted by molar-refractivity contribution is 7.97. The average molecular weight is 323 g/mol. The van der Waals surface area contributed by atoms with E-state index in [1.54, 1.807) is 17.7 Å². The lowest BCUT2D eigenvalue weighted by Crippen LogP contribution is -2.35. The number of nitrogens with zero attached hydrogens (tertiary/aromatic N) is 3. The van der Waals surface area contributed by atoms with E-state index >= 15 is 0 Å². The number of hydrogen-bond donors (Lipinski definition) is 0. The molecule has 3 heterocycles. The first-order valence-electron chi connectivity index (χ1n) is 7.45. The Kier molecular flexibility index (Phi) is 4.98. The molecule has 2 aromatic heterocycles. The minimum atomic E-state index is 0.279. The van der Waals surface area contributed by atoms with Crippen molar-refractivity contribution in [3.63, 3.8) is 0 Å². The maximum absolute atomic E-state index is 6.12. The summed E-state index contributed by atoms with van der Waals surface area (Å²) < 4.78 is 9.66. The molecule has 0 radical (unpaired) electrons. The van der Waals surface area contributed by atoms with Crippen molar-refractivity contribution in [2.75, 3.05) is 18.8 Å². The molecule has 114 valence electrons. The van der Waals surface area contributed by atoms with Gasteiger partial charge in [-0.1, -0.05) is 25.8 Å². The largest absolute Gasteiger partial charge is 0.473 e. The van der Waals surface area contributed by atoms with Gasteiger partial charge in [-0.2, -0.15) is 0 Å². The third-order valence-corrected chi connectivity index (χ3v) is 5.92. The molecule has 6 heteroatoms. The fourth-order valence-electron chi connectivity index (χ4n) is 2.34. The van der Waals surface area contributed by atoms with Gasteiger partial charge in [-0.05, 0) is 30.2 Å². The van der Waals surface area contributed by atoms with Crippen LogP contribution >= 0.6 is 23.3 Å². The standard InChI is InChI=1S/C15H21N3OS2/c1-11(2)9-21-18-6-3-12(4-7-18)19-15-14-13(5-8-20-14)16-10-17-15/h5,8,10-12H,3-4,6-7,9H2,1-2H3. The van der Waals surface area contributed by atoms with Gasteiger partial charge in [0.25, 0.3) is 0 Å². The van der Waals surface area contributed by atoms with Crippen LogP contribution < -0.4 is 4.74 Å². The number of aromatic nitrogens is 2. The summed E-state index contributed by atoms with van der Waals surface area (Å²) >= 11 is 3.62. The second-order valence-corrected chi connectivity index (χ2v) is 7.77. The lowest BCUT2D eigenvalue weighted by Gasteiger charge is -2.31. The number of hydrogen-bond acceptors (Lipinski definition) is 6. The summed E-state index contributed by atoms with van der Waals surface area (Å²) in [6.07, 6.45) is 4.02. The van der Waals surface area contributed by atoms with Crippen molar-refractivity contribution in [1.82, 2.24) is 14.3 Å². The zero-order chi connectivity index (χ0) is 14.7. The molecule has 1 aliphatic heterocycles. The number of rotatable bonds is 5. The maximum atomic E-state index is 6.12. The number of thiophene rings is 1. The highest BCUT2D eigenvalue weighted by Gasteiger charge is 2.22. The van der Waals surface area contributed by atoms with E-state index in [4.69, 9.17) is 4.74 Å². The molecule has 4 nitrogen and oxygen atoms in total. The smallest absolute Gasteiger partial charge is 0.235 e. The molecule has 0 spiro atoms. The Labute approximate surface area is 134 Å². The summed E-state index contributed by atoms with van der Waals surface area (Å²) in [7, 11) is 0. The monoisotopic (exact) mass is 323 g/mol. The van der Waals surface area contributed by atoms with Gasteiger partial charge in [0.15, 0.2) is 0 Å². The highest BCUT2D eigenvalue weighted by atomic mass is 32.2. The van der Waals surface area contributed by atoms with Crippen LogP contribution in [0.3, 0.4) is 0 Å². The van der Waals surface area contributed by atoms with E-state index in [9.17, 15) is 0 Å². The Morgan fingerprint density at radius 2 is 2.19 bits per heavy atom. The molecule has 0 aliphatic carbocycles. The lowest BCUT2D eigenvalue weighted by molar-refractivity contribution is 0.135. The van der Waals surface area contributed by atoms with Crippen LogP contribution in [0.5, 0.6) is 5.88 Å². The molecule has 21 heavy (non-hydrogen) atoms. The van der Waals surface area contributed by atoms with Crippen LogP contribution in [-0.4, -0.2) is 39.2 Å². The van der Waals surface area contributed by atoms with Crippen molar-refractivity contribution in [2.24, 2.45) is 5.92 Å². The number of fused-ring (bicyclic) bond motifs is 1. The maximum Gasteiger partial charge on any atom is 0.235 e. The van der Waals surface area contributed by atoms with Crippen LogP contribution in [0.4, 0.5) is 0 Å². The van der Waals surface area contributed by atoms with Crippen molar-refractivity contribution >= 4 is 33.5 Å². The predicted molar refractivity (Wildman–Crippen MR) is 89.9 cm³/mol. The summed E-state index contributed by atoms with van der Waals surface area (Å²) in [4.78, 5) is 8.57. The van der Waals surface area contributed by atoms with Crippen LogP contribution in [0, 0.1) is 5.92 Å². The molecule has 3 rings (SSSR count). The zero-order valence-corrected chi connectivity index (χ0v) is 14.1. The van der Waals surface area contributed by atoms with Crippen molar-refractivity contribution in [1.29, 1.82) is 0 Å². The Morgan fingerprint density at radius 1 is 1.38 bits per heavy atom. The predicted octanol–water partition coefficient (Wildman–Crippen LogP) is 3.84. The van der Waals surface area contributed by atoms with Crippen molar-refractivity contribution < 1.29 is 4.74 Å². The van der Waals surface area contributed by atoms with E-state index in [0.717, 1.165) is 47.9 Å². The molecule has 0 aromatic carbocycles. The summed E-state index contributed by atoms with van der Waals surface area (Å²) in [6, 6.07) is 2.01. The summed E-state index contributed by atoms with van der Waals surface area (Å²) in [5, 5.41) is 2.04. The molecule has 0 atom stereocenters. The van der Waals surface area contributed by atoms with Crippen LogP contribution in [-0.2, 0) is 0 Å². The van der Waals surface area contributed by atoms with Crippen molar-refractivity contribution in [3.05, 3.63) is 17.8 Å². The van der Waals surface area contributed by atoms with Gasteiger partial charge in [0.05, 0.1) is 5.52 Å². The molecule has 0 N–H and O–H groups in total. The summed E-state index contributed by atoms with van der Waals surface area (Å²) in [6.45, 7) is 6.73. The van der Waals surface area contributed by atoms with Gasteiger partial charge < -0.3 is 4.74 Å². The van der Waals surface area contributed by atoms with Gasteiger partial charge >= 0.3 is 0 Å². The molecule has 1 saturated heterocycles. The topological polar surface area (TPSA) is 38.2 Å². The first-order chi connectivity index (χ1) is 10.2. The molecule has 1 aliphatic rings. The van der Waals surface area contributed by atoms with Gasteiger partial charge in [-0.25, -0.2) is 9.97 Å². The molecule has 0 amide bonds. The van der Waals surface area contributed by atoms with Crippen molar-refractivity contribution in [2.45, 2.75) is 32.8 Å².